The standard InChI is InChI=1S/C15H24N4O2/c1-10(2)16-15(20)19-7-5-6-13(9-19)21-14-17-11(3)8-12(4)18-14/h8,10,13H,5-7,9H2,1-4H3,(H,16,20). The van der Waals surface area contributed by atoms with Crippen molar-refractivity contribution in [3.05, 3.63) is 17.5 Å². The number of hydrogen-bond acceptors (Lipinski definition) is 4. The van der Waals surface area contributed by atoms with Crippen molar-refractivity contribution in [1.82, 2.24) is 20.2 Å². The number of urea groups is 1. The molecule has 0 aromatic carbocycles. The van der Waals surface area contributed by atoms with E-state index in [1.807, 2.05) is 33.8 Å². The summed E-state index contributed by atoms with van der Waals surface area (Å²) in [5, 5.41) is 2.92. The molecule has 0 aliphatic carbocycles. The van der Waals surface area contributed by atoms with E-state index in [4.69, 9.17) is 4.74 Å². The van der Waals surface area contributed by atoms with E-state index in [1.54, 1.807) is 4.90 Å². The largest absolute Gasteiger partial charge is 0.458 e. The maximum Gasteiger partial charge on any atom is 0.317 e. The molecule has 1 saturated heterocycles. The smallest absolute Gasteiger partial charge is 0.317 e. The van der Waals surface area contributed by atoms with Gasteiger partial charge in [-0.1, -0.05) is 0 Å². The number of ether oxygens (including phenoxy) is 1. The molecule has 1 atom stereocenters. The minimum Gasteiger partial charge on any atom is -0.458 e. The third kappa shape index (κ3) is 4.58. The molecule has 1 aromatic rings. The first-order chi connectivity index (χ1) is 9.94. The van der Waals surface area contributed by atoms with Gasteiger partial charge in [0.25, 0.3) is 0 Å². The lowest BCUT2D eigenvalue weighted by molar-refractivity contribution is 0.0929. The Balaban J connectivity index is 1.96. The zero-order valence-electron chi connectivity index (χ0n) is 13.2. The Morgan fingerprint density at radius 1 is 1.38 bits per heavy atom. The number of carbonyl (C=O) groups is 1. The van der Waals surface area contributed by atoms with Gasteiger partial charge < -0.3 is 15.0 Å². The molecular formula is C15H24N4O2. The van der Waals surface area contributed by atoms with Crippen LogP contribution in [0.25, 0.3) is 0 Å². The highest BCUT2D eigenvalue weighted by Crippen LogP contribution is 2.16. The van der Waals surface area contributed by atoms with E-state index in [1.165, 1.54) is 0 Å². The Labute approximate surface area is 125 Å². The van der Waals surface area contributed by atoms with E-state index in [2.05, 4.69) is 15.3 Å². The van der Waals surface area contributed by atoms with Crippen molar-refractivity contribution < 1.29 is 9.53 Å². The number of rotatable bonds is 3. The first-order valence-electron chi connectivity index (χ1n) is 7.48. The third-order valence-electron chi connectivity index (χ3n) is 3.31. The summed E-state index contributed by atoms with van der Waals surface area (Å²) >= 11 is 0. The molecule has 0 spiro atoms. The van der Waals surface area contributed by atoms with Gasteiger partial charge >= 0.3 is 12.0 Å². The van der Waals surface area contributed by atoms with E-state index in [0.717, 1.165) is 30.8 Å². The fraction of sp³-hybridized carbons (Fsp3) is 0.667. The fourth-order valence-electron chi connectivity index (χ4n) is 2.45. The number of carbonyl (C=O) groups excluding carboxylic acids is 1. The average molecular weight is 292 g/mol. The number of hydrogen-bond donors (Lipinski definition) is 1. The number of nitrogens with one attached hydrogen (secondary N) is 1. The quantitative estimate of drug-likeness (QED) is 0.926. The van der Waals surface area contributed by atoms with E-state index in [0.29, 0.717) is 12.6 Å². The van der Waals surface area contributed by atoms with Crippen molar-refractivity contribution in [2.75, 3.05) is 13.1 Å². The van der Waals surface area contributed by atoms with E-state index in [9.17, 15) is 4.79 Å². The molecule has 1 aliphatic heterocycles. The van der Waals surface area contributed by atoms with E-state index >= 15 is 0 Å². The molecule has 0 saturated carbocycles. The van der Waals surface area contributed by atoms with Crippen molar-refractivity contribution in [3.63, 3.8) is 0 Å². The summed E-state index contributed by atoms with van der Waals surface area (Å²) in [5.41, 5.74) is 1.78. The van der Waals surface area contributed by atoms with Gasteiger partial charge in [-0.3, -0.25) is 0 Å². The number of aromatic nitrogens is 2. The Morgan fingerprint density at radius 2 is 2.05 bits per heavy atom. The first kappa shape index (κ1) is 15.5. The summed E-state index contributed by atoms with van der Waals surface area (Å²) in [6.07, 6.45) is 1.81. The highest BCUT2D eigenvalue weighted by molar-refractivity contribution is 5.74. The summed E-state index contributed by atoms with van der Waals surface area (Å²) in [4.78, 5) is 22.4. The molecule has 2 rings (SSSR count). The van der Waals surface area contributed by atoms with Crippen molar-refractivity contribution >= 4 is 6.03 Å². The minimum atomic E-state index is -0.0436. The highest BCUT2D eigenvalue weighted by Gasteiger charge is 2.25. The van der Waals surface area contributed by atoms with Crippen LogP contribution < -0.4 is 10.1 Å². The molecule has 2 heterocycles. The van der Waals surface area contributed by atoms with E-state index in [-0.39, 0.29) is 18.2 Å². The molecule has 2 amide bonds. The zero-order chi connectivity index (χ0) is 15.4. The van der Waals surface area contributed by atoms with Gasteiger partial charge in [0.1, 0.15) is 6.10 Å². The topological polar surface area (TPSA) is 67.3 Å². The molecule has 1 unspecified atom stereocenters. The summed E-state index contributed by atoms with van der Waals surface area (Å²) in [6, 6.07) is 2.43. The van der Waals surface area contributed by atoms with Gasteiger partial charge in [0.05, 0.1) is 6.54 Å². The second-order valence-corrected chi connectivity index (χ2v) is 5.87. The maximum atomic E-state index is 12.0. The van der Waals surface area contributed by atoms with Crippen LogP contribution in [0.2, 0.25) is 0 Å². The summed E-state index contributed by atoms with van der Waals surface area (Å²) < 4.78 is 5.86. The molecule has 1 aliphatic rings. The first-order valence-corrected chi connectivity index (χ1v) is 7.48. The predicted molar refractivity (Wildman–Crippen MR) is 80.4 cm³/mol. The van der Waals surface area contributed by atoms with Gasteiger partial charge in [0.15, 0.2) is 0 Å². The second kappa shape index (κ2) is 6.74. The Hall–Kier alpha value is -1.85. The number of amides is 2. The molecule has 21 heavy (non-hydrogen) atoms. The van der Waals surface area contributed by atoms with Crippen LogP contribution in [0.5, 0.6) is 6.01 Å². The molecule has 116 valence electrons. The number of nitrogens with zero attached hydrogens (tertiary/aromatic N) is 3. The van der Waals surface area contributed by atoms with Crippen molar-refractivity contribution in [2.24, 2.45) is 0 Å². The van der Waals surface area contributed by atoms with Crippen LogP contribution >= 0.6 is 0 Å². The zero-order valence-corrected chi connectivity index (χ0v) is 13.2. The molecule has 1 aromatic heterocycles. The molecule has 6 heteroatoms. The van der Waals surface area contributed by atoms with Crippen molar-refractivity contribution in [1.29, 1.82) is 0 Å². The average Bonchev–Trinajstić information content (AvgIpc) is 2.37. The van der Waals surface area contributed by atoms with Crippen LogP contribution in [0.1, 0.15) is 38.1 Å². The maximum absolute atomic E-state index is 12.0. The molecular weight excluding hydrogens is 268 g/mol. The molecule has 1 N–H and O–H groups in total. The molecule has 1 fully saturated rings. The third-order valence-corrected chi connectivity index (χ3v) is 3.31. The minimum absolute atomic E-state index is 0.0281. The predicted octanol–water partition coefficient (Wildman–Crippen LogP) is 2.05. The fourth-order valence-corrected chi connectivity index (χ4v) is 2.45. The van der Waals surface area contributed by atoms with Crippen LogP contribution in [-0.2, 0) is 0 Å². The SMILES string of the molecule is Cc1cc(C)nc(OC2CCCN(C(=O)NC(C)C)C2)n1. The second-order valence-electron chi connectivity index (χ2n) is 5.87. The highest BCUT2D eigenvalue weighted by atomic mass is 16.5. The van der Waals surface area contributed by atoms with Gasteiger partial charge in [-0.05, 0) is 46.6 Å². The van der Waals surface area contributed by atoms with Gasteiger partial charge in [-0.2, -0.15) is 0 Å². The lowest BCUT2D eigenvalue weighted by atomic mass is 10.1. The Kier molecular flexibility index (Phi) is 4.98. The number of likely N-dealkylation sites (tertiary alicyclic amines) is 1. The summed E-state index contributed by atoms with van der Waals surface area (Å²) in [5.74, 6) is 0. The van der Waals surface area contributed by atoms with Crippen LogP contribution in [0.3, 0.4) is 0 Å². The Bertz CT molecular complexity index is 484. The van der Waals surface area contributed by atoms with Crippen LogP contribution in [0.4, 0.5) is 4.79 Å². The molecule has 6 nitrogen and oxygen atoms in total. The van der Waals surface area contributed by atoms with Crippen molar-refractivity contribution in [2.45, 2.75) is 52.7 Å². The molecule has 0 radical (unpaired) electrons. The van der Waals surface area contributed by atoms with Gasteiger partial charge in [0, 0.05) is 24.0 Å². The molecule has 0 bridgehead atoms. The summed E-state index contributed by atoms with van der Waals surface area (Å²) in [6.45, 7) is 9.11. The van der Waals surface area contributed by atoms with Crippen LogP contribution in [0, 0.1) is 13.8 Å². The monoisotopic (exact) mass is 292 g/mol. The summed E-state index contributed by atoms with van der Waals surface area (Å²) in [7, 11) is 0. The van der Waals surface area contributed by atoms with Crippen molar-refractivity contribution in [3.8, 4) is 6.01 Å². The van der Waals surface area contributed by atoms with Crippen LogP contribution in [-0.4, -0.2) is 46.1 Å². The van der Waals surface area contributed by atoms with Crippen LogP contribution in [0.15, 0.2) is 6.07 Å². The number of piperidine rings is 1. The Morgan fingerprint density at radius 3 is 2.67 bits per heavy atom. The van der Waals surface area contributed by atoms with E-state index < -0.39 is 0 Å². The van der Waals surface area contributed by atoms with Gasteiger partial charge in [0.2, 0.25) is 0 Å². The van der Waals surface area contributed by atoms with Gasteiger partial charge in [-0.25, -0.2) is 14.8 Å². The normalized spacial score (nSPS) is 18.7. The number of aryl methyl sites for hydroxylation is 2. The lowest BCUT2D eigenvalue weighted by Crippen LogP contribution is -2.50. The van der Waals surface area contributed by atoms with Gasteiger partial charge in [-0.15, -0.1) is 0 Å². The lowest BCUT2D eigenvalue weighted by Gasteiger charge is -2.32.